The second-order valence-electron chi connectivity index (χ2n) is 3.33. The van der Waals surface area contributed by atoms with Gasteiger partial charge in [0, 0.05) is 11.6 Å². The molecule has 0 heterocycles. The molecule has 82 valence electrons. The zero-order valence-corrected chi connectivity index (χ0v) is 8.87. The minimum atomic E-state index is -0.514. The predicted octanol–water partition coefficient (Wildman–Crippen LogP) is 3.56. The van der Waals surface area contributed by atoms with Crippen molar-refractivity contribution in [2.45, 2.75) is 0 Å². The maximum atomic E-state index is 12.8. The zero-order valence-electron chi connectivity index (χ0n) is 8.11. The quantitative estimate of drug-likeness (QED) is 0.798. The Morgan fingerprint density at radius 2 is 1.69 bits per heavy atom. The van der Waals surface area contributed by atoms with Gasteiger partial charge in [-0.25, -0.2) is 4.39 Å². The number of hydrogen-bond donors (Lipinski definition) is 2. The Labute approximate surface area is 96.5 Å². The molecule has 2 aromatic carbocycles. The van der Waals surface area contributed by atoms with Gasteiger partial charge in [0.2, 0.25) is 0 Å². The first kappa shape index (κ1) is 10.8. The van der Waals surface area contributed by atoms with Gasteiger partial charge in [-0.05, 0) is 29.8 Å². The summed E-state index contributed by atoms with van der Waals surface area (Å²) in [5, 5.41) is 19.2. The van der Waals surface area contributed by atoms with Crippen molar-refractivity contribution >= 4 is 11.6 Å². The summed E-state index contributed by atoms with van der Waals surface area (Å²) in [5.74, 6) is -0.774. The lowest BCUT2D eigenvalue weighted by atomic mass is 10.0. The first-order valence-corrected chi connectivity index (χ1v) is 4.93. The van der Waals surface area contributed by atoms with E-state index in [2.05, 4.69) is 0 Å². The van der Waals surface area contributed by atoms with Crippen molar-refractivity contribution in [3.63, 3.8) is 0 Å². The highest BCUT2D eigenvalue weighted by atomic mass is 35.5. The van der Waals surface area contributed by atoms with E-state index < -0.39 is 5.82 Å². The van der Waals surface area contributed by atoms with Crippen LogP contribution in [0.15, 0.2) is 36.4 Å². The van der Waals surface area contributed by atoms with Crippen LogP contribution >= 0.6 is 11.6 Å². The fraction of sp³-hybridized carbons (Fsp3) is 0. The number of aromatic hydroxyl groups is 2. The van der Waals surface area contributed by atoms with E-state index in [9.17, 15) is 14.6 Å². The SMILES string of the molecule is Oc1cc(-c2ccc(F)cc2O)ccc1Cl. The molecule has 2 N–H and O–H groups in total. The van der Waals surface area contributed by atoms with Crippen molar-refractivity contribution in [2.75, 3.05) is 0 Å². The van der Waals surface area contributed by atoms with Crippen LogP contribution in [-0.4, -0.2) is 10.2 Å². The fourth-order valence-electron chi connectivity index (χ4n) is 1.43. The van der Waals surface area contributed by atoms with E-state index >= 15 is 0 Å². The van der Waals surface area contributed by atoms with Crippen molar-refractivity contribution in [3.8, 4) is 22.6 Å². The van der Waals surface area contributed by atoms with Crippen molar-refractivity contribution in [1.82, 2.24) is 0 Å². The molecule has 0 unspecified atom stereocenters. The van der Waals surface area contributed by atoms with Gasteiger partial charge in [-0.1, -0.05) is 17.7 Å². The first-order valence-electron chi connectivity index (χ1n) is 4.55. The van der Waals surface area contributed by atoms with Crippen LogP contribution in [0.4, 0.5) is 4.39 Å². The molecule has 2 nitrogen and oxygen atoms in total. The smallest absolute Gasteiger partial charge is 0.134 e. The Morgan fingerprint density at radius 1 is 0.938 bits per heavy atom. The molecule has 2 aromatic rings. The molecule has 16 heavy (non-hydrogen) atoms. The maximum Gasteiger partial charge on any atom is 0.134 e. The second kappa shape index (κ2) is 4.02. The Kier molecular flexibility index (Phi) is 2.71. The van der Waals surface area contributed by atoms with Crippen LogP contribution in [0.1, 0.15) is 0 Å². The monoisotopic (exact) mass is 238 g/mol. The molecular formula is C12H8ClFO2. The molecule has 0 aromatic heterocycles. The van der Waals surface area contributed by atoms with Crippen molar-refractivity contribution in [2.24, 2.45) is 0 Å². The van der Waals surface area contributed by atoms with Crippen LogP contribution in [-0.2, 0) is 0 Å². The summed E-state index contributed by atoms with van der Waals surface area (Å²) in [6, 6.07) is 8.24. The molecule has 0 saturated heterocycles. The van der Waals surface area contributed by atoms with Gasteiger partial charge in [-0.2, -0.15) is 0 Å². The van der Waals surface area contributed by atoms with E-state index in [4.69, 9.17) is 11.6 Å². The van der Waals surface area contributed by atoms with E-state index in [1.807, 2.05) is 0 Å². The molecule has 0 aliphatic heterocycles. The van der Waals surface area contributed by atoms with Gasteiger partial charge in [0.25, 0.3) is 0 Å². The predicted molar refractivity (Wildman–Crippen MR) is 60.2 cm³/mol. The van der Waals surface area contributed by atoms with Crippen LogP contribution in [0.25, 0.3) is 11.1 Å². The normalized spacial score (nSPS) is 10.4. The lowest BCUT2D eigenvalue weighted by Crippen LogP contribution is -1.81. The van der Waals surface area contributed by atoms with Crippen molar-refractivity contribution in [1.29, 1.82) is 0 Å². The number of rotatable bonds is 1. The summed E-state index contributed by atoms with van der Waals surface area (Å²) in [5.41, 5.74) is 1.01. The van der Waals surface area contributed by atoms with E-state index in [0.29, 0.717) is 11.1 Å². The highest BCUT2D eigenvalue weighted by Crippen LogP contribution is 2.34. The molecule has 0 atom stereocenters. The molecule has 2 rings (SSSR count). The standard InChI is InChI=1S/C12H8ClFO2/c13-10-4-1-7(5-12(10)16)9-3-2-8(14)6-11(9)15/h1-6,15-16H. The van der Waals surface area contributed by atoms with Gasteiger partial charge in [0.1, 0.15) is 17.3 Å². The lowest BCUT2D eigenvalue weighted by molar-refractivity contribution is 0.470. The third-order valence-corrected chi connectivity index (χ3v) is 2.54. The Hall–Kier alpha value is -1.74. The van der Waals surface area contributed by atoms with Crippen LogP contribution in [0.3, 0.4) is 0 Å². The molecule has 0 saturated carbocycles. The Bertz CT molecular complexity index is 541. The average Bonchev–Trinajstić information content (AvgIpc) is 2.22. The molecule has 0 bridgehead atoms. The van der Waals surface area contributed by atoms with Crippen molar-refractivity contribution < 1.29 is 14.6 Å². The van der Waals surface area contributed by atoms with Gasteiger partial charge in [-0.3, -0.25) is 0 Å². The largest absolute Gasteiger partial charge is 0.507 e. The molecule has 0 aliphatic carbocycles. The van der Waals surface area contributed by atoms with Gasteiger partial charge in [0.05, 0.1) is 5.02 Å². The zero-order chi connectivity index (χ0) is 11.7. The average molecular weight is 239 g/mol. The highest BCUT2D eigenvalue weighted by molar-refractivity contribution is 6.32. The number of phenolic OH excluding ortho intramolecular Hbond substituents is 2. The van der Waals surface area contributed by atoms with E-state index in [-0.39, 0.29) is 16.5 Å². The molecule has 0 aliphatic rings. The maximum absolute atomic E-state index is 12.8. The summed E-state index contributed by atoms with van der Waals surface area (Å²) >= 11 is 5.66. The van der Waals surface area contributed by atoms with Gasteiger partial charge >= 0.3 is 0 Å². The molecular weight excluding hydrogens is 231 g/mol. The highest BCUT2D eigenvalue weighted by Gasteiger charge is 2.07. The van der Waals surface area contributed by atoms with Crippen LogP contribution in [0.2, 0.25) is 5.02 Å². The summed E-state index contributed by atoms with van der Waals surface area (Å²) in [4.78, 5) is 0. The number of hydrogen-bond acceptors (Lipinski definition) is 2. The first-order chi connectivity index (χ1) is 7.58. The van der Waals surface area contributed by atoms with Gasteiger partial charge in [-0.15, -0.1) is 0 Å². The van der Waals surface area contributed by atoms with E-state index in [0.717, 1.165) is 6.07 Å². The molecule has 0 fully saturated rings. The summed E-state index contributed by atoms with van der Waals surface area (Å²) in [7, 11) is 0. The minimum absolute atomic E-state index is 0.0807. The van der Waals surface area contributed by atoms with Gasteiger partial charge < -0.3 is 10.2 Å². The Balaban J connectivity index is 2.54. The number of halogens is 2. The Morgan fingerprint density at radius 3 is 2.31 bits per heavy atom. The number of phenols is 2. The number of benzene rings is 2. The summed E-state index contributed by atoms with van der Waals surface area (Å²) in [6.45, 7) is 0. The van der Waals surface area contributed by atoms with E-state index in [1.165, 1.54) is 24.3 Å². The third-order valence-electron chi connectivity index (χ3n) is 2.22. The molecule has 0 spiro atoms. The summed E-state index contributed by atoms with van der Waals surface area (Å²) in [6.07, 6.45) is 0. The third kappa shape index (κ3) is 1.95. The van der Waals surface area contributed by atoms with Crippen molar-refractivity contribution in [3.05, 3.63) is 47.2 Å². The molecule has 0 radical (unpaired) electrons. The minimum Gasteiger partial charge on any atom is -0.507 e. The van der Waals surface area contributed by atoms with Crippen LogP contribution in [0.5, 0.6) is 11.5 Å². The molecule has 4 heteroatoms. The topological polar surface area (TPSA) is 40.5 Å². The summed E-state index contributed by atoms with van der Waals surface area (Å²) < 4.78 is 12.8. The lowest BCUT2D eigenvalue weighted by Gasteiger charge is -2.06. The fourth-order valence-corrected chi connectivity index (χ4v) is 1.55. The molecule has 0 amide bonds. The van der Waals surface area contributed by atoms with Crippen LogP contribution < -0.4 is 0 Å². The van der Waals surface area contributed by atoms with Crippen LogP contribution in [0, 0.1) is 5.82 Å². The van der Waals surface area contributed by atoms with E-state index in [1.54, 1.807) is 6.07 Å². The van der Waals surface area contributed by atoms with Gasteiger partial charge in [0.15, 0.2) is 0 Å². The second-order valence-corrected chi connectivity index (χ2v) is 3.73.